The summed E-state index contributed by atoms with van der Waals surface area (Å²) >= 11 is 0. The van der Waals surface area contributed by atoms with Crippen LogP contribution < -0.4 is 10.1 Å². The highest BCUT2D eigenvalue weighted by atomic mass is 127. The zero-order chi connectivity index (χ0) is 21.6. The van der Waals surface area contributed by atoms with Crippen LogP contribution in [0.5, 0.6) is 5.75 Å². The van der Waals surface area contributed by atoms with Crippen LogP contribution in [0.25, 0.3) is 11.4 Å². The molecular weight excluding hydrogens is 519 g/mol. The predicted octanol–water partition coefficient (Wildman–Crippen LogP) is 3.56. The average Bonchev–Trinajstić information content (AvgIpc) is 3.29. The first-order valence-electron chi connectivity index (χ1n) is 10.4. The molecule has 1 fully saturated rings. The maximum absolute atomic E-state index is 6.04. The summed E-state index contributed by atoms with van der Waals surface area (Å²) in [5.41, 5.74) is 3.40. The maximum atomic E-state index is 6.04. The molecule has 1 aromatic heterocycles. The Morgan fingerprint density at radius 2 is 2.03 bits per heavy atom. The number of aliphatic imine (C=N–C) groups is 1. The Morgan fingerprint density at radius 1 is 1.25 bits per heavy atom. The number of H-pyrrole nitrogens is 1. The van der Waals surface area contributed by atoms with Crippen LogP contribution in [0.3, 0.4) is 0 Å². The van der Waals surface area contributed by atoms with Crippen molar-refractivity contribution in [2.75, 3.05) is 33.9 Å². The summed E-state index contributed by atoms with van der Waals surface area (Å²) in [5.74, 6) is 3.03. The van der Waals surface area contributed by atoms with Crippen molar-refractivity contribution in [3.63, 3.8) is 0 Å². The van der Waals surface area contributed by atoms with Gasteiger partial charge in [0, 0.05) is 19.2 Å². The third-order valence-corrected chi connectivity index (χ3v) is 5.41. The van der Waals surface area contributed by atoms with E-state index in [-0.39, 0.29) is 30.1 Å². The fourth-order valence-electron chi connectivity index (χ4n) is 3.72. The Labute approximate surface area is 205 Å². The molecule has 9 heteroatoms. The lowest BCUT2D eigenvalue weighted by Gasteiger charge is -2.35. The van der Waals surface area contributed by atoms with Gasteiger partial charge in [-0.3, -0.25) is 10.1 Å². The number of ether oxygens (including phenoxy) is 2. The van der Waals surface area contributed by atoms with Gasteiger partial charge in [0.05, 0.1) is 26.8 Å². The molecule has 3 aromatic rings. The second-order valence-electron chi connectivity index (χ2n) is 7.40. The van der Waals surface area contributed by atoms with Crippen molar-refractivity contribution in [2.45, 2.75) is 19.6 Å². The van der Waals surface area contributed by atoms with Gasteiger partial charge in [-0.05, 0) is 42.3 Å². The lowest BCUT2D eigenvalue weighted by molar-refractivity contribution is -0.00834. The zero-order valence-corrected chi connectivity index (χ0v) is 20.9. The molecule has 1 aliphatic rings. The van der Waals surface area contributed by atoms with Crippen molar-refractivity contribution in [2.24, 2.45) is 4.99 Å². The van der Waals surface area contributed by atoms with Gasteiger partial charge < -0.3 is 19.7 Å². The van der Waals surface area contributed by atoms with Crippen LogP contribution in [0.1, 0.15) is 23.1 Å². The molecule has 2 N–H and O–H groups in total. The summed E-state index contributed by atoms with van der Waals surface area (Å²) in [6.45, 7) is 4.81. The van der Waals surface area contributed by atoms with Gasteiger partial charge >= 0.3 is 0 Å². The van der Waals surface area contributed by atoms with Gasteiger partial charge in [-0.1, -0.05) is 24.3 Å². The zero-order valence-electron chi connectivity index (χ0n) is 18.5. The molecule has 4 rings (SSSR count). The molecule has 2 heterocycles. The van der Waals surface area contributed by atoms with Crippen LogP contribution in [-0.4, -0.2) is 59.9 Å². The van der Waals surface area contributed by atoms with Gasteiger partial charge in [-0.2, -0.15) is 5.10 Å². The number of hydrogen-bond acceptors (Lipinski definition) is 5. The molecule has 0 saturated carbocycles. The molecule has 8 nitrogen and oxygen atoms in total. The van der Waals surface area contributed by atoms with E-state index in [1.54, 1.807) is 14.2 Å². The molecule has 1 saturated heterocycles. The first-order valence-corrected chi connectivity index (χ1v) is 10.4. The van der Waals surface area contributed by atoms with Crippen LogP contribution >= 0.6 is 24.0 Å². The highest BCUT2D eigenvalue weighted by Gasteiger charge is 2.25. The number of benzene rings is 2. The molecule has 2 aromatic carbocycles. The number of morpholine rings is 1. The number of aryl methyl sites for hydroxylation is 1. The number of nitrogens with one attached hydrogen (secondary N) is 2. The number of aromatic nitrogens is 3. The van der Waals surface area contributed by atoms with Crippen molar-refractivity contribution >= 4 is 29.9 Å². The summed E-state index contributed by atoms with van der Waals surface area (Å²) in [4.78, 5) is 11.3. The van der Waals surface area contributed by atoms with E-state index in [2.05, 4.69) is 61.6 Å². The molecule has 0 bridgehead atoms. The first-order chi connectivity index (χ1) is 15.2. The van der Waals surface area contributed by atoms with E-state index in [0.717, 1.165) is 36.2 Å². The summed E-state index contributed by atoms with van der Waals surface area (Å²) < 4.78 is 11.2. The molecule has 1 aliphatic heterocycles. The quantitative estimate of drug-likeness (QED) is 0.288. The van der Waals surface area contributed by atoms with Gasteiger partial charge in [-0.15, -0.1) is 24.0 Å². The molecule has 32 heavy (non-hydrogen) atoms. The van der Waals surface area contributed by atoms with Crippen molar-refractivity contribution in [1.82, 2.24) is 25.4 Å². The number of halogens is 1. The van der Waals surface area contributed by atoms with Crippen molar-refractivity contribution in [3.05, 3.63) is 65.5 Å². The Balaban J connectivity index is 0.00000289. The van der Waals surface area contributed by atoms with Crippen molar-refractivity contribution < 1.29 is 9.47 Å². The number of methoxy groups -OCH3 is 1. The summed E-state index contributed by atoms with van der Waals surface area (Å²) in [6, 6.07) is 16.0. The third-order valence-electron chi connectivity index (χ3n) is 5.41. The van der Waals surface area contributed by atoms with E-state index < -0.39 is 0 Å². The first kappa shape index (κ1) is 24.0. The lowest BCUT2D eigenvalue weighted by atomic mass is 10.0. The number of rotatable bonds is 5. The minimum absolute atomic E-state index is 0. The SMILES string of the molecule is CN=C(NCc1nc(-c2ccc(OC)cc2)n[nH]1)N1CCOC(c2ccccc2C)C1.I. The smallest absolute Gasteiger partial charge is 0.194 e. The van der Waals surface area contributed by atoms with Crippen molar-refractivity contribution in [1.29, 1.82) is 0 Å². The van der Waals surface area contributed by atoms with E-state index in [4.69, 9.17) is 9.47 Å². The minimum Gasteiger partial charge on any atom is -0.497 e. The number of aromatic amines is 1. The number of guanidine groups is 1. The van der Waals surface area contributed by atoms with E-state index >= 15 is 0 Å². The molecule has 0 aliphatic carbocycles. The normalized spacial score (nSPS) is 16.4. The molecule has 1 atom stereocenters. The predicted molar refractivity (Wildman–Crippen MR) is 135 cm³/mol. The Bertz CT molecular complexity index is 1040. The van der Waals surface area contributed by atoms with Gasteiger partial charge in [0.1, 0.15) is 17.7 Å². The van der Waals surface area contributed by atoms with Crippen LogP contribution in [0, 0.1) is 6.92 Å². The van der Waals surface area contributed by atoms with E-state index in [1.807, 2.05) is 24.3 Å². The van der Waals surface area contributed by atoms with Gasteiger partial charge in [0.15, 0.2) is 11.8 Å². The third kappa shape index (κ3) is 5.57. The van der Waals surface area contributed by atoms with E-state index in [0.29, 0.717) is 19.0 Å². The monoisotopic (exact) mass is 548 g/mol. The topological polar surface area (TPSA) is 87.7 Å². The second kappa shape index (κ2) is 11.3. The number of nitrogens with zero attached hydrogens (tertiary/aromatic N) is 4. The van der Waals surface area contributed by atoms with Crippen LogP contribution in [-0.2, 0) is 11.3 Å². The van der Waals surface area contributed by atoms with Crippen molar-refractivity contribution in [3.8, 4) is 17.1 Å². The van der Waals surface area contributed by atoms with E-state index in [9.17, 15) is 0 Å². The standard InChI is InChI=1S/C23H28N6O2.HI/c1-16-6-4-5-7-19(16)20-15-29(12-13-31-20)23(24-2)25-14-21-26-22(28-27-21)17-8-10-18(30-3)11-9-17;/h4-11,20H,12-15H2,1-3H3,(H,24,25)(H,26,27,28);1H. The molecule has 170 valence electrons. The maximum Gasteiger partial charge on any atom is 0.194 e. The summed E-state index contributed by atoms with van der Waals surface area (Å²) in [6.07, 6.45) is 0.0282. The minimum atomic E-state index is 0. The Kier molecular flexibility index (Phi) is 8.46. The van der Waals surface area contributed by atoms with Crippen LogP contribution in [0.4, 0.5) is 0 Å². The van der Waals surface area contributed by atoms with E-state index in [1.165, 1.54) is 11.1 Å². The lowest BCUT2D eigenvalue weighted by Crippen LogP contribution is -2.48. The van der Waals surface area contributed by atoms with Gasteiger partial charge in [0.2, 0.25) is 0 Å². The Hall–Kier alpha value is -2.66. The average molecular weight is 548 g/mol. The van der Waals surface area contributed by atoms with Crippen LogP contribution in [0.15, 0.2) is 53.5 Å². The molecule has 0 amide bonds. The molecule has 0 spiro atoms. The summed E-state index contributed by atoms with van der Waals surface area (Å²) in [7, 11) is 3.44. The Morgan fingerprint density at radius 3 is 2.75 bits per heavy atom. The molecule has 0 radical (unpaired) electrons. The second-order valence-corrected chi connectivity index (χ2v) is 7.40. The van der Waals surface area contributed by atoms with Gasteiger partial charge in [-0.25, -0.2) is 4.98 Å². The van der Waals surface area contributed by atoms with Crippen LogP contribution in [0.2, 0.25) is 0 Å². The molecule has 1 unspecified atom stereocenters. The highest BCUT2D eigenvalue weighted by molar-refractivity contribution is 14.0. The largest absolute Gasteiger partial charge is 0.497 e. The number of hydrogen-bond donors (Lipinski definition) is 2. The van der Waals surface area contributed by atoms with Gasteiger partial charge in [0.25, 0.3) is 0 Å². The highest BCUT2D eigenvalue weighted by Crippen LogP contribution is 2.25. The fourth-order valence-corrected chi connectivity index (χ4v) is 3.72. The summed E-state index contributed by atoms with van der Waals surface area (Å²) in [5, 5.41) is 10.7. The fraction of sp³-hybridized carbons (Fsp3) is 0.348. The molecular formula is C23H29IN6O2.